The number of thioether (sulfide) groups is 1. The number of carboxylic acid groups (broad SMARTS) is 1. The first-order valence-electron chi connectivity index (χ1n) is 8.12. The summed E-state index contributed by atoms with van der Waals surface area (Å²) in [4.78, 5) is 10.3. The van der Waals surface area contributed by atoms with Gasteiger partial charge in [-0.1, -0.05) is 62.6 Å². The van der Waals surface area contributed by atoms with Gasteiger partial charge >= 0.3 is 5.97 Å². The molecule has 2 N–H and O–H groups in total. The van der Waals surface area contributed by atoms with Crippen molar-refractivity contribution in [1.82, 2.24) is 0 Å². The van der Waals surface area contributed by atoms with Gasteiger partial charge in [0.15, 0.2) is 0 Å². The van der Waals surface area contributed by atoms with Gasteiger partial charge in [-0.3, -0.25) is 4.79 Å². The van der Waals surface area contributed by atoms with E-state index in [2.05, 4.69) is 19.1 Å². The number of aliphatic hydroxyl groups excluding tert-OH is 1. The molecule has 0 aliphatic heterocycles. The maximum Gasteiger partial charge on any atom is 0.303 e. The van der Waals surface area contributed by atoms with E-state index in [1.165, 1.54) is 12.8 Å². The first-order chi connectivity index (χ1) is 10.7. The zero-order valence-corrected chi connectivity index (χ0v) is 14.4. The largest absolute Gasteiger partial charge is 0.481 e. The standard InChI is InChI=1S/C18H30O3S/c1-2-3-7-12-17(19)13-8-6-11-16-22-15-10-5-4-9-14-18(20)21/h5-6,8,10-11,13,17,19H,2-4,7,9,12,14-16H2,1H3,(H,20,21)/b10-5-,11-6-,13-8+. The van der Waals surface area contributed by atoms with Gasteiger partial charge in [0.2, 0.25) is 0 Å². The first-order valence-corrected chi connectivity index (χ1v) is 9.28. The van der Waals surface area contributed by atoms with Crippen molar-refractivity contribution in [2.75, 3.05) is 11.5 Å². The molecule has 0 aliphatic carbocycles. The SMILES string of the molecule is CCCCCC(O)/C=C/C=C\CSC/C=C\CCCC(=O)O. The summed E-state index contributed by atoms with van der Waals surface area (Å²) in [5.74, 6) is 1.16. The Labute approximate surface area is 139 Å². The van der Waals surface area contributed by atoms with E-state index in [9.17, 15) is 9.90 Å². The molecule has 0 radical (unpaired) electrons. The molecular weight excluding hydrogens is 296 g/mol. The molecule has 3 nitrogen and oxygen atoms in total. The fourth-order valence-corrected chi connectivity index (χ4v) is 2.44. The summed E-state index contributed by atoms with van der Waals surface area (Å²) in [7, 11) is 0. The van der Waals surface area contributed by atoms with Gasteiger partial charge in [-0.25, -0.2) is 0 Å². The second-order valence-corrected chi connectivity index (χ2v) is 6.25. The highest BCUT2D eigenvalue weighted by Crippen LogP contribution is 2.05. The van der Waals surface area contributed by atoms with Gasteiger partial charge in [-0.05, 0) is 19.3 Å². The van der Waals surface area contributed by atoms with Crippen LogP contribution in [0.3, 0.4) is 0 Å². The zero-order valence-electron chi connectivity index (χ0n) is 13.6. The van der Waals surface area contributed by atoms with Gasteiger partial charge in [0.05, 0.1) is 6.10 Å². The summed E-state index contributed by atoms with van der Waals surface area (Å²) in [6.45, 7) is 2.16. The number of rotatable bonds is 14. The molecule has 126 valence electrons. The molecule has 1 atom stereocenters. The van der Waals surface area contributed by atoms with Crippen LogP contribution in [0.25, 0.3) is 0 Å². The second kappa shape index (κ2) is 16.4. The van der Waals surface area contributed by atoms with Gasteiger partial charge in [-0.15, -0.1) is 0 Å². The van der Waals surface area contributed by atoms with Crippen LogP contribution in [0.2, 0.25) is 0 Å². The van der Waals surface area contributed by atoms with Crippen LogP contribution in [0.1, 0.15) is 51.9 Å². The van der Waals surface area contributed by atoms with Crippen molar-refractivity contribution in [3.63, 3.8) is 0 Å². The average molecular weight is 327 g/mol. The topological polar surface area (TPSA) is 57.5 Å². The lowest BCUT2D eigenvalue weighted by Crippen LogP contribution is -2.00. The fraction of sp³-hybridized carbons (Fsp3) is 0.611. The number of allylic oxidation sites excluding steroid dienone is 3. The molecule has 0 heterocycles. The van der Waals surface area contributed by atoms with Gasteiger partial charge < -0.3 is 10.2 Å². The lowest BCUT2D eigenvalue weighted by molar-refractivity contribution is -0.137. The molecule has 0 aromatic heterocycles. The van der Waals surface area contributed by atoms with Crippen molar-refractivity contribution in [2.45, 2.75) is 58.0 Å². The summed E-state index contributed by atoms with van der Waals surface area (Å²) in [6.07, 6.45) is 17.7. The Bertz CT molecular complexity index is 348. The van der Waals surface area contributed by atoms with E-state index >= 15 is 0 Å². The molecule has 22 heavy (non-hydrogen) atoms. The molecule has 0 aliphatic rings. The number of aliphatic hydroxyl groups is 1. The highest BCUT2D eigenvalue weighted by atomic mass is 32.2. The molecule has 0 aromatic carbocycles. The maximum atomic E-state index is 10.3. The molecule has 0 amide bonds. The third kappa shape index (κ3) is 17.1. The van der Waals surface area contributed by atoms with E-state index in [1.54, 1.807) is 11.8 Å². The van der Waals surface area contributed by atoms with Crippen LogP contribution in [-0.4, -0.2) is 33.8 Å². The molecule has 0 fully saturated rings. The predicted octanol–water partition coefficient (Wildman–Crippen LogP) is 4.58. The fourth-order valence-electron chi connectivity index (χ4n) is 1.79. The number of hydrogen-bond donors (Lipinski definition) is 2. The van der Waals surface area contributed by atoms with Crippen LogP contribution in [0.15, 0.2) is 36.5 Å². The average Bonchev–Trinajstić information content (AvgIpc) is 2.48. The number of carboxylic acids is 1. The highest BCUT2D eigenvalue weighted by molar-refractivity contribution is 7.99. The van der Waals surface area contributed by atoms with Crippen LogP contribution < -0.4 is 0 Å². The van der Waals surface area contributed by atoms with E-state index in [1.807, 2.05) is 24.3 Å². The molecule has 0 rings (SSSR count). The Morgan fingerprint density at radius 2 is 1.86 bits per heavy atom. The lowest BCUT2D eigenvalue weighted by Gasteiger charge is -2.02. The molecule has 4 heteroatoms. The van der Waals surface area contributed by atoms with Crippen molar-refractivity contribution >= 4 is 17.7 Å². The van der Waals surface area contributed by atoms with Gasteiger partial charge in [0, 0.05) is 17.9 Å². The highest BCUT2D eigenvalue weighted by Gasteiger charge is 1.96. The smallest absolute Gasteiger partial charge is 0.303 e. The van der Waals surface area contributed by atoms with Crippen molar-refractivity contribution < 1.29 is 15.0 Å². The number of unbranched alkanes of at least 4 members (excludes halogenated alkanes) is 3. The van der Waals surface area contributed by atoms with Crippen molar-refractivity contribution in [1.29, 1.82) is 0 Å². The number of hydrogen-bond acceptors (Lipinski definition) is 3. The summed E-state index contributed by atoms with van der Waals surface area (Å²) >= 11 is 1.81. The van der Waals surface area contributed by atoms with Crippen LogP contribution in [0.4, 0.5) is 0 Å². The van der Waals surface area contributed by atoms with E-state index in [4.69, 9.17) is 5.11 Å². The molecule has 0 spiro atoms. The number of carbonyl (C=O) groups is 1. The van der Waals surface area contributed by atoms with Gasteiger partial charge in [0.1, 0.15) is 0 Å². The molecule has 0 saturated heterocycles. The van der Waals surface area contributed by atoms with E-state index in [-0.39, 0.29) is 12.5 Å². The van der Waals surface area contributed by atoms with Crippen molar-refractivity contribution in [3.05, 3.63) is 36.5 Å². The van der Waals surface area contributed by atoms with E-state index in [0.29, 0.717) is 6.42 Å². The lowest BCUT2D eigenvalue weighted by atomic mass is 10.1. The predicted molar refractivity (Wildman–Crippen MR) is 96.4 cm³/mol. The number of aliphatic carboxylic acids is 1. The van der Waals surface area contributed by atoms with Gasteiger partial charge in [0.25, 0.3) is 0 Å². The molecule has 1 unspecified atom stereocenters. The van der Waals surface area contributed by atoms with Crippen molar-refractivity contribution in [2.24, 2.45) is 0 Å². The minimum atomic E-state index is -0.726. The van der Waals surface area contributed by atoms with E-state index in [0.717, 1.165) is 30.8 Å². The Morgan fingerprint density at radius 1 is 1.09 bits per heavy atom. The molecular formula is C18H30O3S. The third-order valence-corrected chi connectivity index (χ3v) is 3.90. The molecule has 0 bridgehead atoms. The summed E-state index contributed by atoms with van der Waals surface area (Å²) < 4.78 is 0. The Kier molecular flexibility index (Phi) is 15.6. The van der Waals surface area contributed by atoms with Gasteiger partial charge in [-0.2, -0.15) is 11.8 Å². The van der Waals surface area contributed by atoms with Crippen LogP contribution >= 0.6 is 11.8 Å². The van der Waals surface area contributed by atoms with Crippen molar-refractivity contribution in [3.8, 4) is 0 Å². The quantitative estimate of drug-likeness (QED) is 0.278. The van der Waals surface area contributed by atoms with Crippen LogP contribution in [0, 0.1) is 0 Å². The Balaban J connectivity index is 3.46. The normalized spacial score (nSPS) is 13.5. The maximum absolute atomic E-state index is 10.3. The summed E-state index contributed by atoms with van der Waals surface area (Å²) in [5, 5.41) is 18.2. The third-order valence-electron chi connectivity index (χ3n) is 3.04. The monoisotopic (exact) mass is 326 g/mol. The van der Waals surface area contributed by atoms with Crippen LogP contribution in [0.5, 0.6) is 0 Å². The minimum Gasteiger partial charge on any atom is -0.481 e. The summed E-state index contributed by atoms with van der Waals surface area (Å²) in [5.41, 5.74) is 0. The Hall–Kier alpha value is -1.00. The Morgan fingerprint density at radius 3 is 2.59 bits per heavy atom. The molecule has 0 saturated carbocycles. The van der Waals surface area contributed by atoms with E-state index < -0.39 is 5.97 Å². The minimum absolute atomic E-state index is 0.247. The first kappa shape index (κ1) is 21.0. The summed E-state index contributed by atoms with van der Waals surface area (Å²) in [6, 6.07) is 0. The van der Waals surface area contributed by atoms with Crippen LogP contribution in [-0.2, 0) is 4.79 Å². The molecule has 0 aromatic rings. The second-order valence-electron chi connectivity index (χ2n) is 5.17. The zero-order chi connectivity index (χ0) is 16.5.